The van der Waals surface area contributed by atoms with Gasteiger partial charge in [0, 0.05) is 24.9 Å². The highest BCUT2D eigenvalue weighted by atomic mass is 16.5. The topological polar surface area (TPSA) is 96.4 Å². The van der Waals surface area contributed by atoms with Crippen LogP contribution in [0.25, 0.3) is 0 Å². The van der Waals surface area contributed by atoms with Gasteiger partial charge >= 0.3 is 0 Å². The first-order chi connectivity index (χ1) is 14.1. The van der Waals surface area contributed by atoms with Crippen molar-refractivity contribution in [3.63, 3.8) is 0 Å². The first-order valence-corrected chi connectivity index (χ1v) is 11.3. The Morgan fingerprint density at radius 3 is 2.62 bits per heavy atom. The van der Waals surface area contributed by atoms with E-state index < -0.39 is 5.60 Å². The lowest BCUT2D eigenvalue weighted by Gasteiger charge is -2.58. The van der Waals surface area contributed by atoms with Crippen molar-refractivity contribution >= 4 is 11.9 Å². The average molecular weight is 399 g/mol. The van der Waals surface area contributed by atoms with Crippen molar-refractivity contribution in [2.45, 2.75) is 81.6 Å². The van der Waals surface area contributed by atoms with Gasteiger partial charge in [-0.1, -0.05) is 0 Å². The van der Waals surface area contributed by atoms with E-state index in [1.807, 2.05) is 0 Å². The Bertz CT molecular complexity index is 804. The molecule has 1 saturated heterocycles. The molecule has 7 nitrogen and oxygen atoms in total. The number of ether oxygens (including phenoxy) is 1. The second-order valence-electron chi connectivity index (χ2n) is 10.1. The Hall–Kier alpha value is -1.73. The predicted molar refractivity (Wildman–Crippen MR) is 106 cm³/mol. The van der Waals surface area contributed by atoms with Gasteiger partial charge in [-0.15, -0.1) is 0 Å². The molecule has 0 aromatic carbocycles. The molecule has 4 bridgehead atoms. The van der Waals surface area contributed by atoms with Gasteiger partial charge < -0.3 is 20.5 Å². The number of aliphatic hydroxyl groups is 1. The van der Waals surface area contributed by atoms with Crippen LogP contribution in [-0.4, -0.2) is 45.3 Å². The molecule has 2 unspecified atom stereocenters. The van der Waals surface area contributed by atoms with Gasteiger partial charge in [-0.05, 0) is 75.5 Å². The number of aromatic nitrogens is 2. The summed E-state index contributed by atoms with van der Waals surface area (Å²) in [7, 11) is 0. The van der Waals surface area contributed by atoms with Crippen molar-refractivity contribution in [3.8, 4) is 0 Å². The van der Waals surface area contributed by atoms with Crippen molar-refractivity contribution in [1.82, 2.24) is 15.3 Å². The molecule has 1 aromatic heterocycles. The number of hydrogen-bond donors (Lipinski definition) is 3. The molecule has 7 heteroatoms. The third-order valence-electron chi connectivity index (χ3n) is 7.75. The van der Waals surface area contributed by atoms with E-state index in [1.54, 1.807) is 6.20 Å². The van der Waals surface area contributed by atoms with Gasteiger partial charge in [0.1, 0.15) is 6.10 Å². The highest BCUT2D eigenvalue weighted by Gasteiger charge is 2.55. The van der Waals surface area contributed by atoms with Crippen LogP contribution in [-0.2, 0) is 4.74 Å². The van der Waals surface area contributed by atoms with Crippen LogP contribution in [0.15, 0.2) is 6.20 Å². The molecule has 1 amide bonds. The summed E-state index contributed by atoms with van der Waals surface area (Å²) in [5, 5.41) is 17.5. The van der Waals surface area contributed by atoms with Crippen molar-refractivity contribution in [2.24, 2.45) is 17.8 Å². The molecule has 3 N–H and O–H groups in total. The zero-order valence-corrected chi connectivity index (χ0v) is 16.8. The molecule has 0 spiro atoms. The molecule has 5 saturated carbocycles. The Labute approximate surface area is 171 Å². The van der Waals surface area contributed by atoms with Crippen LogP contribution in [0.5, 0.6) is 0 Å². The smallest absolute Gasteiger partial charge is 0.255 e. The molecule has 6 fully saturated rings. The summed E-state index contributed by atoms with van der Waals surface area (Å²) >= 11 is 0. The normalized spacial score (nSPS) is 40.2. The van der Waals surface area contributed by atoms with E-state index in [0.717, 1.165) is 63.5 Å². The second kappa shape index (κ2) is 6.64. The first-order valence-electron chi connectivity index (χ1n) is 11.3. The van der Waals surface area contributed by atoms with Gasteiger partial charge in [0.2, 0.25) is 5.95 Å². The summed E-state index contributed by atoms with van der Waals surface area (Å²) in [6.45, 7) is 0.716. The average Bonchev–Trinajstić information content (AvgIpc) is 3.32. The molecule has 2 heterocycles. The largest absolute Gasteiger partial charge is 0.390 e. The monoisotopic (exact) mass is 398 g/mol. The molecule has 6 aliphatic rings. The Morgan fingerprint density at radius 2 is 1.97 bits per heavy atom. The maximum absolute atomic E-state index is 13.3. The van der Waals surface area contributed by atoms with Gasteiger partial charge in [-0.25, -0.2) is 9.97 Å². The molecule has 1 aliphatic heterocycles. The minimum atomic E-state index is -0.486. The number of amides is 1. The summed E-state index contributed by atoms with van der Waals surface area (Å²) < 4.78 is 5.87. The molecule has 1 aromatic rings. The number of hydrogen-bond acceptors (Lipinski definition) is 6. The Kier molecular flexibility index (Phi) is 4.14. The summed E-state index contributed by atoms with van der Waals surface area (Å²) in [5.41, 5.74) is 0.783. The highest BCUT2D eigenvalue weighted by molar-refractivity contribution is 5.95. The molecule has 29 heavy (non-hydrogen) atoms. The molecule has 7 rings (SSSR count). The van der Waals surface area contributed by atoms with Crippen LogP contribution < -0.4 is 10.6 Å². The van der Waals surface area contributed by atoms with Gasteiger partial charge in [0.25, 0.3) is 5.91 Å². The third-order valence-corrected chi connectivity index (χ3v) is 7.75. The van der Waals surface area contributed by atoms with Crippen LogP contribution in [0.2, 0.25) is 0 Å². The molecular formula is C22H30N4O3. The quantitative estimate of drug-likeness (QED) is 0.705. The number of anilines is 1. The number of nitrogens with zero attached hydrogens (tertiary/aromatic N) is 2. The van der Waals surface area contributed by atoms with Crippen LogP contribution in [0.1, 0.15) is 79.9 Å². The van der Waals surface area contributed by atoms with E-state index in [2.05, 4.69) is 15.6 Å². The van der Waals surface area contributed by atoms with Gasteiger partial charge in [-0.2, -0.15) is 0 Å². The highest BCUT2D eigenvalue weighted by Crippen LogP contribution is 2.55. The fourth-order valence-electron chi connectivity index (χ4n) is 6.53. The van der Waals surface area contributed by atoms with Crippen LogP contribution in [0.3, 0.4) is 0 Å². The SMILES string of the molecule is O=C(NC1C2CC3CC1CC(O)(C3)C2)c1cnc(NC2CC2)nc1[C@H]1CCCO1. The summed E-state index contributed by atoms with van der Waals surface area (Å²) in [4.78, 5) is 22.4. The fourth-order valence-corrected chi connectivity index (χ4v) is 6.53. The van der Waals surface area contributed by atoms with E-state index in [0.29, 0.717) is 41.9 Å². The Balaban J connectivity index is 1.24. The lowest BCUT2D eigenvalue weighted by Crippen LogP contribution is -2.61. The number of carbonyl (C=O) groups excluding carboxylic acids is 1. The third kappa shape index (κ3) is 3.32. The van der Waals surface area contributed by atoms with Crippen LogP contribution >= 0.6 is 0 Å². The number of rotatable bonds is 5. The second-order valence-corrected chi connectivity index (χ2v) is 10.1. The van der Waals surface area contributed by atoms with Crippen molar-refractivity contribution in [1.29, 1.82) is 0 Å². The Morgan fingerprint density at radius 1 is 1.17 bits per heavy atom. The minimum absolute atomic E-state index is 0.0852. The van der Waals surface area contributed by atoms with Crippen LogP contribution in [0, 0.1) is 17.8 Å². The number of carbonyl (C=O) groups is 1. The first kappa shape index (κ1) is 18.1. The number of nitrogens with one attached hydrogen (secondary N) is 2. The van der Waals surface area contributed by atoms with E-state index in [-0.39, 0.29) is 18.1 Å². The van der Waals surface area contributed by atoms with Crippen LogP contribution in [0.4, 0.5) is 5.95 Å². The molecular weight excluding hydrogens is 368 g/mol. The zero-order valence-electron chi connectivity index (χ0n) is 16.8. The fraction of sp³-hybridized carbons (Fsp3) is 0.773. The van der Waals surface area contributed by atoms with Gasteiger partial charge in [0.15, 0.2) is 0 Å². The predicted octanol–water partition coefficient (Wildman–Crippen LogP) is 2.57. The van der Waals surface area contributed by atoms with Gasteiger partial charge in [-0.3, -0.25) is 4.79 Å². The standard InChI is InChI=1S/C22H30N4O3/c27-20(25-18-13-6-12-7-14(18)10-22(28,8-12)9-13)16-11-23-21(24-15-3-4-15)26-19(16)17-2-1-5-29-17/h11-15,17-18,28H,1-10H2,(H,25,27)(H,23,24,26)/t12?,13?,14?,17-,18?,22?/m1/s1. The van der Waals surface area contributed by atoms with E-state index >= 15 is 0 Å². The molecule has 156 valence electrons. The lowest BCUT2D eigenvalue weighted by atomic mass is 9.52. The zero-order chi connectivity index (χ0) is 19.6. The molecule has 5 aliphatic carbocycles. The maximum Gasteiger partial charge on any atom is 0.255 e. The molecule has 3 atom stereocenters. The summed E-state index contributed by atoms with van der Waals surface area (Å²) in [6.07, 6.45) is 10.6. The van der Waals surface area contributed by atoms with E-state index in [4.69, 9.17) is 9.72 Å². The van der Waals surface area contributed by atoms with E-state index in [1.165, 1.54) is 0 Å². The minimum Gasteiger partial charge on any atom is -0.390 e. The van der Waals surface area contributed by atoms with Crippen molar-refractivity contribution < 1.29 is 14.6 Å². The van der Waals surface area contributed by atoms with Crippen molar-refractivity contribution in [3.05, 3.63) is 17.5 Å². The van der Waals surface area contributed by atoms with Gasteiger partial charge in [0.05, 0.1) is 16.9 Å². The van der Waals surface area contributed by atoms with E-state index in [9.17, 15) is 9.90 Å². The lowest BCUT2D eigenvalue weighted by molar-refractivity contribution is -0.136. The summed E-state index contributed by atoms with van der Waals surface area (Å²) in [5.74, 6) is 1.92. The maximum atomic E-state index is 13.3. The molecule has 0 radical (unpaired) electrons. The van der Waals surface area contributed by atoms with Crippen molar-refractivity contribution in [2.75, 3.05) is 11.9 Å². The summed E-state index contributed by atoms with van der Waals surface area (Å²) in [6, 6.07) is 0.617.